The normalized spacial score (nSPS) is 12.0. The average Bonchev–Trinajstić information content (AvgIpc) is 2.69. The predicted octanol–water partition coefficient (Wildman–Crippen LogP) is 5.81. The van der Waals surface area contributed by atoms with E-state index in [-0.39, 0.29) is 11.4 Å². The molecular formula is C22H19ClFNO2S. The molecule has 3 aromatic rings. The predicted molar refractivity (Wildman–Crippen MR) is 111 cm³/mol. The Morgan fingerprint density at radius 1 is 0.964 bits per heavy atom. The molecule has 6 heteroatoms. The van der Waals surface area contributed by atoms with E-state index >= 15 is 4.39 Å². The Balaban J connectivity index is 2.03. The van der Waals surface area contributed by atoms with Gasteiger partial charge in [-0.2, -0.15) is 4.39 Å². The zero-order valence-corrected chi connectivity index (χ0v) is 16.8. The van der Waals surface area contributed by atoms with Crippen LogP contribution in [-0.4, -0.2) is 12.7 Å². The second kappa shape index (κ2) is 8.59. The smallest absolute Gasteiger partial charge is 0.237 e. The summed E-state index contributed by atoms with van der Waals surface area (Å²) in [7, 11) is -4.08. The van der Waals surface area contributed by atoms with E-state index in [0.29, 0.717) is 16.1 Å². The number of nitrogens with zero attached hydrogens (tertiary/aromatic N) is 1. The standard InChI is InChI=1S/C22H19ClFNO2S/c1-17-7-13-21(14-8-17)28(26,27)25(16-19-5-3-2-4-6-19)22(24)15-18-9-11-20(23)12-10-18/h2-15H,16H2,1H3/b22-15-. The quantitative estimate of drug-likeness (QED) is 0.476. The molecule has 144 valence electrons. The Morgan fingerprint density at radius 3 is 2.18 bits per heavy atom. The van der Waals surface area contributed by atoms with Crippen molar-refractivity contribution >= 4 is 27.7 Å². The third-order valence-electron chi connectivity index (χ3n) is 4.17. The molecule has 0 heterocycles. The van der Waals surface area contributed by atoms with Crippen LogP contribution in [0.4, 0.5) is 4.39 Å². The number of benzene rings is 3. The number of halogens is 2. The van der Waals surface area contributed by atoms with Crippen molar-refractivity contribution in [2.75, 3.05) is 0 Å². The summed E-state index contributed by atoms with van der Waals surface area (Å²) in [6.45, 7) is 1.74. The van der Waals surface area contributed by atoms with Gasteiger partial charge in [0.25, 0.3) is 10.0 Å². The molecule has 0 aliphatic heterocycles. The Morgan fingerprint density at radius 2 is 1.57 bits per heavy atom. The van der Waals surface area contributed by atoms with Crippen molar-refractivity contribution in [3.8, 4) is 0 Å². The van der Waals surface area contributed by atoms with Crippen LogP contribution in [0.3, 0.4) is 0 Å². The highest BCUT2D eigenvalue weighted by Gasteiger charge is 2.27. The second-order valence-corrected chi connectivity index (χ2v) is 8.63. The van der Waals surface area contributed by atoms with Crippen molar-refractivity contribution in [3.05, 3.63) is 107 Å². The summed E-state index contributed by atoms with van der Waals surface area (Å²) in [6, 6.07) is 21.7. The van der Waals surface area contributed by atoms with Crippen LogP contribution >= 0.6 is 11.6 Å². The molecule has 0 bridgehead atoms. The minimum atomic E-state index is -4.08. The van der Waals surface area contributed by atoms with E-state index in [1.807, 2.05) is 13.0 Å². The highest BCUT2D eigenvalue weighted by atomic mass is 35.5. The maximum atomic E-state index is 15.2. The van der Waals surface area contributed by atoms with Gasteiger partial charge in [-0.25, -0.2) is 12.7 Å². The van der Waals surface area contributed by atoms with E-state index in [2.05, 4.69) is 0 Å². The molecule has 0 saturated heterocycles. The van der Waals surface area contributed by atoms with E-state index < -0.39 is 16.0 Å². The first kappa shape index (κ1) is 20.1. The first-order valence-corrected chi connectivity index (χ1v) is 10.4. The van der Waals surface area contributed by atoms with Gasteiger partial charge in [0.2, 0.25) is 5.95 Å². The lowest BCUT2D eigenvalue weighted by Gasteiger charge is -2.23. The van der Waals surface area contributed by atoms with E-state index in [0.717, 1.165) is 9.87 Å². The van der Waals surface area contributed by atoms with Crippen molar-refractivity contribution in [1.29, 1.82) is 0 Å². The Hall–Kier alpha value is -2.63. The fourth-order valence-corrected chi connectivity index (χ4v) is 4.09. The van der Waals surface area contributed by atoms with Crippen LogP contribution in [0, 0.1) is 6.92 Å². The lowest BCUT2D eigenvalue weighted by molar-refractivity contribution is 0.384. The maximum Gasteiger partial charge on any atom is 0.266 e. The topological polar surface area (TPSA) is 37.4 Å². The van der Waals surface area contributed by atoms with Gasteiger partial charge in [-0.05, 0) is 48.4 Å². The first-order chi connectivity index (χ1) is 13.4. The summed E-state index contributed by atoms with van der Waals surface area (Å²) >= 11 is 5.86. The monoisotopic (exact) mass is 415 g/mol. The lowest BCUT2D eigenvalue weighted by Crippen LogP contribution is -2.28. The highest BCUT2D eigenvalue weighted by Crippen LogP contribution is 2.26. The summed E-state index contributed by atoms with van der Waals surface area (Å²) in [6.07, 6.45) is 1.19. The SMILES string of the molecule is Cc1ccc(S(=O)(=O)N(Cc2ccccc2)/C(F)=C\c2ccc(Cl)cc2)cc1. The van der Waals surface area contributed by atoms with Gasteiger partial charge in [0.05, 0.1) is 11.4 Å². The van der Waals surface area contributed by atoms with Gasteiger partial charge in [-0.15, -0.1) is 0 Å². The molecule has 3 nitrogen and oxygen atoms in total. The van der Waals surface area contributed by atoms with Gasteiger partial charge in [-0.3, -0.25) is 0 Å². The largest absolute Gasteiger partial charge is 0.266 e. The zero-order valence-electron chi connectivity index (χ0n) is 15.2. The molecule has 3 aromatic carbocycles. The summed E-state index contributed by atoms with van der Waals surface area (Å²) in [5.41, 5.74) is 2.11. The van der Waals surface area contributed by atoms with E-state index in [9.17, 15) is 8.42 Å². The first-order valence-electron chi connectivity index (χ1n) is 8.62. The number of hydrogen-bond donors (Lipinski definition) is 0. The summed E-state index contributed by atoms with van der Waals surface area (Å²) in [5.74, 6) is -0.869. The van der Waals surface area contributed by atoms with E-state index in [1.54, 1.807) is 60.7 Å². The third-order valence-corrected chi connectivity index (χ3v) is 6.18. The fraction of sp³-hybridized carbons (Fsp3) is 0.0909. The summed E-state index contributed by atoms with van der Waals surface area (Å²) < 4.78 is 42.3. The van der Waals surface area contributed by atoms with Crippen LogP contribution in [0.1, 0.15) is 16.7 Å². The molecule has 28 heavy (non-hydrogen) atoms. The Labute approximate surface area is 169 Å². The van der Waals surface area contributed by atoms with Crippen LogP contribution in [-0.2, 0) is 16.6 Å². The van der Waals surface area contributed by atoms with Crippen molar-refractivity contribution in [3.63, 3.8) is 0 Å². The lowest BCUT2D eigenvalue weighted by atomic mass is 10.2. The van der Waals surface area contributed by atoms with Crippen molar-refractivity contribution in [2.45, 2.75) is 18.4 Å². The summed E-state index contributed by atoms with van der Waals surface area (Å²) in [4.78, 5) is 0.0358. The van der Waals surface area contributed by atoms with Gasteiger partial charge in [0, 0.05) is 5.02 Å². The second-order valence-electron chi connectivity index (χ2n) is 6.33. The molecule has 0 aliphatic carbocycles. The van der Waals surface area contributed by atoms with E-state index in [4.69, 9.17) is 11.6 Å². The number of rotatable bonds is 6. The molecule has 0 fully saturated rings. The zero-order chi connectivity index (χ0) is 20.1. The molecule has 0 aromatic heterocycles. The molecule has 3 rings (SSSR count). The maximum absolute atomic E-state index is 15.2. The molecule has 0 spiro atoms. The summed E-state index contributed by atoms with van der Waals surface area (Å²) in [5, 5.41) is 0.519. The number of aryl methyl sites for hydroxylation is 1. The van der Waals surface area contributed by atoms with Crippen LogP contribution in [0.2, 0.25) is 5.02 Å². The van der Waals surface area contributed by atoms with Crippen molar-refractivity contribution < 1.29 is 12.8 Å². The molecule has 0 radical (unpaired) electrons. The molecule has 0 unspecified atom stereocenters. The molecule has 0 atom stereocenters. The fourth-order valence-electron chi connectivity index (χ4n) is 2.63. The van der Waals surface area contributed by atoms with E-state index in [1.165, 1.54) is 18.2 Å². The molecule has 0 amide bonds. The minimum Gasteiger partial charge on any atom is -0.237 e. The average molecular weight is 416 g/mol. The van der Waals surface area contributed by atoms with Crippen LogP contribution in [0.25, 0.3) is 6.08 Å². The van der Waals surface area contributed by atoms with Gasteiger partial charge < -0.3 is 0 Å². The van der Waals surface area contributed by atoms with Gasteiger partial charge >= 0.3 is 0 Å². The van der Waals surface area contributed by atoms with Gasteiger partial charge in [0.1, 0.15) is 0 Å². The highest BCUT2D eigenvalue weighted by molar-refractivity contribution is 7.89. The number of sulfonamides is 1. The molecular weight excluding hydrogens is 397 g/mol. The van der Waals surface area contributed by atoms with Crippen LogP contribution < -0.4 is 0 Å². The Kier molecular flexibility index (Phi) is 6.17. The van der Waals surface area contributed by atoms with Crippen molar-refractivity contribution in [1.82, 2.24) is 4.31 Å². The molecule has 0 aliphatic rings. The molecule has 0 saturated carbocycles. The van der Waals surface area contributed by atoms with Crippen LogP contribution in [0.15, 0.2) is 89.7 Å². The Bertz CT molecular complexity index is 1060. The third kappa shape index (κ3) is 4.80. The van der Waals surface area contributed by atoms with Crippen LogP contribution in [0.5, 0.6) is 0 Å². The number of hydrogen-bond acceptors (Lipinski definition) is 2. The van der Waals surface area contributed by atoms with Gasteiger partial charge in [-0.1, -0.05) is 71.8 Å². The molecule has 0 N–H and O–H groups in total. The minimum absolute atomic E-state index is 0.0358. The van der Waals surface area contributed by atoms with Crippen molar-refractivity contribution in [2.24, 2.45) is 0 Å². The van der Waals surface area contributed by atoms with Gasteiger partial charge in [0.15, 0.2) is 0 Å².